The number of rotatable bonds is 5. The lowest BCUT2D eigenvalue weighted by molar-refractivity contribution is 0.0938. The van der Waals surface area contributed by atoms with Crippen LogP contribution in [0.4, 0.5) is 0 Å². The lowest BCUT2D eigenvalue weighted by Crippen LogP contribution is -2.28. The molecular formula is C25H21N3O2. The van der Waals surface area contributed by atoms with Crippen molar-refractivity contribution < 1.29 is 9.21 Å². The van der Waals surface area contributed by atoms with E-state index in [0.717, 1.165) is 27.8 Å². The zero-order valence-corrected chi connectivity index (χ0v) is 16.3. The molecule has 30 heavy (non-hydrogen) atoms. The van der Waals surface area contributed by atoms with Crippen LogP contribution in [-0.4, -0.2) is 10.9 Å². The number of aromatic nitrogens is 1. The van der Waals surface area contributed by atoms with E-state index in [9.17, 15) is 4.79 Å². The summed E-state index contributed by atoms with van der Waals surface area (Å²) in [6.07, 6.45) is 1.97. The minimum absolute atomic E-state index is 0.219. The van der Waals surface area contributed by atoms with Gasteiger partial charge in [0.05, 0.1) is 12.1 Å². The first-order chi connectivity index (χ1) is 14.7. The maximum atomic E-state index is 12.9. The van der Waals surface area contributed by atoms with E-state index in [0.29, 0.717) is 12.3 Å². The Balaban J connectivity index is 1.35. The van der Waals surface area contributed by atoms with Gasteiger partial charge in [-0.25, -0.2) is 4.98 Å². The average Bonchev–Trinajstić information content (AvgIpc) is 3.39. The Bertz CT molecular complexity index is 1150. The van der Waals surface area contributed by atoms with E-state index in [1.807, 2.05) is 66.7 Å². The zero-order valence-electron chi connectivity index (χ0n) is 16.3. The van der Waals surface area contributed by atoms with Gasteiger partial charge in [-0.1, -0.05) is 78.9 Å². The van der Waals surface area contributed by atoms with Gasteiger partial charge in [-0.2, -0.15) is 0 Å². The Morgan fingerprint density at radius 1 is 0.933 bits per heavy atom. The number of nitrogens with two attached hydrogens (primary N) is 1. The van der Waals surface area contributed by atoms with Crippen molar-refractivity contribution in [1.29, 1.82) is 0 Å². The second-order valence-corrected chi connectivity index (χ2v) is 7.45. The molecule has 5 heteroatoms. The first-order valence-electron chi connectivity index (χ1n) is 9.95. The molecule has 0 aliphatic heterocycles. The predicted octanol–water partition coefficient (Wildman–Crippen LogP) is 4.42. The molecule has 1 aromatic heterocycles. The standard InChI is InChI=1S/C25H21N3O2/c26-21(14-16-8-2-1-3-9-16)25-27-22(15-30-25)24(29)28-23-19-12-6-4-10-17(19)18-11-5-7-13-20(18)23/h1-13,15,21,23H,14,26H2,(H,28,29). The van der Waals surface area contributed by atoms with Gasteiger partial charge in [0.25, 0.3) is 5.91 Å². The number of carbonyl (C=O) groups excluding carboxylic acids is 1. The Morgan fingerprint density at radius 2 is 1.53 bits per heavy atom. The van der Waals surface area contributed by atoms with E-state index in [2.05, 4.69) is 22.4 Å². The molecule has 1 aliphatic rings. The molecule has 1 amide bonds. The van der Waals surface area contributed by atoms with Crippen molar-refractivity contribution in [1.82, 2.24) is 10.3 Å². The van der Waals surface area contributed by atoms with E-state index in [-0.39, 0.29) is 17.6 Å². The number of benzene rings is 3. The second kappa shape index (κ2) is 7.61. The molecule has 0 saturated carbocycles. The van der Waals surface area contributed by atoms with Crippen molar-refractivity contribution in [3.05, 3.63) is 113 Å². The van der Waals surface area contributed by atoms with Gasteiger partial charge in [0.15, 0.2) is 5.69 Å². The van der Waals surface area contributed by atoms with Gasteiger partial charge in [-0.3, -0.25) is 4.79 Å². The van der Waals surface area contributed by atoms with Crippen LogP contribution >= 0.6 is 0 Å². The first kappa shape index (κ1) is 18.3. The highest BCUT2D eigenvalue weighted by Crippen LogP contribution is 2.43. The zero-order chi connectivity index (χ0) is 20.5. The lowest BCUT2D eigenvalue weighted by Gasteiger charge is -2.15. The maximum absolute atomic E-state index is 12.9. The number of carbonyl (C=O) groups is 1. The molecule has 1 heterocycles. The van der Waals surface area contributed by atoms with Crippen LogP contribution in [-0.2, 0) is 6.42 Å². The van der Waals surface area contributed by atoms with E-state index >= 15 is 0 Å². The van der Waals surface area contributed by atoms with Crippen LogP contribution in [0.25, 0.3) is 11.1 Å². The van der Waals surface area contributed by atoms with Crippen molar-refractivity contribution in [2.75, 3.05) is 0 Å². The molecule has 0 bridgehead atoms. The molecule has 0 radical (unpaired) electrons. The summed E-state index contributed by atoms with van der Waals surface area (Å²) in [7, 11) is 0. The summed E-state index contributed by atoms with van der Waals surface area (Å²) in [5.74, 6) is 0.0737. The predicted molar refractivity (Wildman–Crippen MR) is 115 cm³/mol. The highest BCUT2D eigenvalue weighted by Gasteiger charge is 2.30. The summed E-state index contributed by atoms with van der Waals surface area (Å²) in [4.78, 5) is 17.3. The summed E-state index contributed by atoms with van der Waals surface area (Å²) in [5.41, 5.74) is 12.0. The van der Waals surface area contributed by atoms with Crippen molar-refractivity contribution in [3.63, 3.8) is 0 Å². The topological polar surface area (TPSA) is 81.1 Å². The number of nitrogens with one attached hydrogen (secondary N) is 1. The van der Waals surface area contributed by atoms with Gasteiger partial charge < -0.3 is 15.5 Å². The van der Waals surface area contributed by atoms with Crippen molar-refractivity contribution in [3.8, 4) is 11.1 Å². The molecule has 1 aliphatic carbocycles. The van der Waals surface area contributed by atoms with Crippen LogP contribution in [0.15, 0.2) is 89.5 Å². The summed E-state index contributed by atoms with van der Waals surface area (Å²) in [5, 5.41) is 3.11. The largest absolute Gasteiger partial charge is 0.446 e. The summed E-state index contributed by atoms with van der Waals surface area (Å²) >= 11 is 0. The number of nitrogens with zero attached hydrogens (tertiary/aromatic N) is 1. The first-order valence-corrected chi connectivity index (χ1v) is 9.95. The molecule has 0 fully saturated rings. The molecule has 1 atom stereocenters. The van der Waals surface area contributed by atoms with Crippen LogP contribution < -0.4 is 11.1 Å². The van der Waals surface area contributed by atoms with Crippen LogP contribution in [0, 0.1) is 0 Å². The minimum Gasteiger partial charge on any atom is -0.446 e. The Hall–Kier alpha value is -3.70. The normalized spacial score (nSPS) is 13.5. The number of hydrogen-bond acceptors (Lipinski definition) is 4. The molecule has 4 aromatic rings. The van der Waals surface area contributed by atoms with Gasteiger partial charge >= 0.3 is 0 Å². The molecule has 0 spiro atoms. The fraction of sp³-hybridized carbons (Fsp3) is 0.120. The summed E-state index contributed by atoms with van der Waals surface area (Å²) < 4.78 is 5.53. The third-order valence-corrected chi connectivity index (χ3v) is 5.48. The van der Waals surface area contributed by atoms with Crippen molar-refractivity contribution >= 4 is 5.91 Å². The van der Waals surface area contributed by atoms with Crippen molar-refractivity contribution in [2.45, 2.75) is 18.5 Å². The highest BCUT2D eigenvalue weighted by molar-refractivity contribution is 5.93. The third-order valence-electron chi connectivity index (χ3n) is 5.48. The number of hydrogen-bond donors (Lipinski definition) is 2. The second-order valence-electron chi connectivity index (χ2n) is 7.45. The highest BCUT2D eigenvalue weighted by atomic mass is 16.3. The molecule has 148 valence electrons. The maximum Gasteiger partial charge on any atom is 0.273 e. The van der Waals surface area contributed by atoms with Gasteiger partial charge in [-0.15, -0.1) is 0 Å². The average molecular weight is 395 g/mol. The third kappa shape index (κ3) is 3.29. The van der Waals surface area contributed by atoms with E-state index in [4.69, 9.17) is 10.2 Å². The molecule has 5 rings (SSSR count). The Kier molecular flexibility index (Phi) is 4.65. The summed E-state index contributed by atoms with van der Waals surface area (Å²) in [6.45, 7) is 0. The van der Waals surface area contributed by atoms with Crippen molar-refractivity contribution in [2.24, 2.45) is 5.73 Å². The Labute approximate surface area is 174 Å². The van der Waals surface area contributed by atoms with Gasteiger partial charge in [-0.05, 0) is 34.2 Å². The fourth-order valence-electron chi connectivity index (χ4n) is 4.03. The van der Waals surface area contributed by atoms with Gasteiger partial charge in [0.1, 0.15) is 6.26 Å². The molecule has 3 N–H and O–H groups in total. The number of fused-ring (bicyclic) bond motifs is 3. The quantitative estimate of drug-likeness (QED) is 0.524. The van der Waals surface area contributed by atoms with Gasteiger partial charge in [0, 0.05) is 0 Å². The van der Waals surface area contributed by atoms with E-state index in [1.165, 1.54) is 6.26 Å². The molecular weight excluding hydrogens is 374 g/mol. The lowest BCUT2D eigenvalue weighted by atomic mass is 10.1. The summed E-state index contributed by atoms with van der Waals surface area (Å²) in [6, 6.07) is 25.5. The smallest absolute Gasteiger partial charge is 0.273 e. The SMILES string of the molecule is NC(Cc1ccccc1)c1nc(C(=O)NC2c3ccccc3-c3ccccc32)co1. The molecule has 1 unspecified atom stereocenters. The van der Waals surface area contributed by atoms with Crippen LogP contribution in [0.3, 0.4) is 0 Å². The molecule has 3 aromatic carbocycles. The van der Waals surface area contributed by atoms with Crippen LogP contribution in [0.1, 0.15) is 45.2 Å². The molecule has 0 saturated heterocycles. The Morgan fingerprint density at radius 3 is 2.20 bits per heavy atom. The molecule has 5 nitrogen and oxygen atoms in total. The van der Waals surface area contributed by atoms with Crippen LogP contribution in [0.2, 0.25) is 0 Å². The van der Waals surface area contributed by atoms with Gasteiger partial charge in [0.2, 0.25) is 5.89 Å². The van der Waals surface area contributed by atoms with E-state index < -0.39 is 6.04 Å². The fourth-order valence-corrected chi connectivity index (χ4v) is 4.03. The minimum atomic E-state index is -0.415. The monoisotopic (exact) mass is 395 g/mol. The number of amides is 1. The number of oxazole rings is 1. The van der Waals surface area contributed by atoms with E-state index in [1.54, 1.807) is 0 Å². The van der Waals surface area contributed by atoms with Crippen LogP contribution in [0.5, 0.6) is 0 Å².